The van der Waals surface area contributed by atoms with Gasteiger partial charge in [-0.15, -0.1) is 0 Å². The minimum atomic E-state index is -3.87. The van der Waals surface area contributed by atoms with Crippen LogP contribution in [0, 0.1) is 5.82 Å². The molecular weight excluding hydrogens is 295 g/mol. The van der Waals surface area contributed by atoms with Crippen molar-refractivity contribution in [2.45, 2.75) is 31.3 Å². The van der Waals surface area contributed by atoms with Crippen molar-refractivity contribution in [3.05, 3.63) is 42.0 Å². The molecule has 0 spiro atoms. The van der Waals surface area contributed by atoms with Gasteiger partial charge in [0.05, 0.1) is 16.8 Å². The highest BCUT2D eigenvalue weighted by molar-refractivity contribution is 7.92. The van der Waals surface area contributed by atoms with E-state index in [0.717, 1.165) is 6.07 Å². The molecule has 0 aliphatic heterocycles. The number of H-pyrrole nitrogens is 1. The number of benzene rings is 1. The summed E-state index contributed by atoms with van der Waals surface area (Å²) in [4.78, 5) is -0.0862. The standard InChI is InChI=1S/C13H17FN4O2S/c1-9(2)15-6-10-3-4-11(14)5-13(10)21(19,20)18-12-7-16-17-8-12/h3-5,7-9,15,18H,6H2,1-2H3,(H,16,17). The lowest BCUT2D eigenvalue weighted by molar-refractivity contribution is 0.570. The van der Waals surface area contributed by atoms with E-state index >= 15 is 0 Å². The first-order valence-electron chi connectivity index (χ1n) is 6.42. The normalized spacial score (nSPS) is 11.8. The smallest absolute Gasteiger partial charge is 0.262 e. The van der Waals surface area contributed by atoms with Crippen LogP contribution >= 0.6 is 0 Å². The van der Waals surface area contributed by atoms with Crippen molar-refractivity contribution in [2.24, 2.45) is 0 Å². The number of hydrogen-bond donors (Lipinski definition) is 3. The van der Waals surface area contributed by atoms with Crippen molar-refractivity contribution in [3.63, 3.8) is 0 Å². The zero-order chi connectivity index (χ0) is 15.5. The highest BCUT2D eigenvalue weighted by Crippen LogP contribution is 2.20. The van der Waals surface area contributed by atoms with E-state index in [9.17, 15) is 12.8 Å². The molecule has 2 rings (SSSR count). The summed E-state index contributed by atoms with van der Waals surface area (Å²) in [5, 5.41) is 9.29. The fourth-order valence-electron chi connectivity index (χ4n) is 1.76. The summed E-state index contributed by atoms with van der Waals surface area (Å²) in [5.41, 5.74) is 0.795. The first-order valence-corrected chi connectivity index (χ1v) is 7.90. The zero-order valence-corrected chi connectivity index (χ0v) is 12.5. The van der Waals surface area contributed by atoms with E-state index in [2.05, 4.69) is 20.2 Å². The first kappa shape index (κ1) is 15.5. The van der Waals surface area contributed by atoms with Crippen LogP contribution in [0.5, 0.6) is 0 Å². The molecule has 0 saturated heterocycles. The Kier molecular flexibility index (Phi) is 4.59. The van der Waals surface area contributed by atoms with Gasteiger partial charge in [-0.3, -0.25) is 9.82 Å². The number of hydrogen-bond acceptors (Lipinski definition) is 4. The number of nitrogens with zero attached hydrogens (tertiary/aromatic N) is 1. The van der Waals surface area contributed by atoms with Gasteiger partial charge in [-0.1, -0.05) is 19.9 Å². The maximum absolute atomic E-state index is 13.4. The number of sulfonamides is 1. The van der Waals surface area contributed by atoms with Crippen molar-refractivity contribution in [1.82, 2.24) is 15.5 Å². The molecule has 0 saturated carbocycles. The van der Waals surface area contributed by atoms with Crippen LogP contribution in [0.15, 0.2) is 35.5 Å². The first-order chi connectivity index (χ1) is 9.88. The molecule has 1 heterocycles. The van der Waals surface area contributed by atoms with Crippen LogP contribution in [0.4, 0.5) is 10.1 Å². The molecule has 1 aromatic carbocycles. The van der Waals surface area contributed by atoms with E-state index in [1.807, 2.05) is 13.8 Å². The molecule has 0 radical (unpaired) electrons. The fraction of sp³-hybridized carbons (Fsp3) is 0.308. The Morgan fingerprint density at radius 2 is 2.14 bits per heavy atom. The number of anilines is 1. The van der Waals surface area contributed by atoms with Gasteiger partial charge in [0, 0.05) is 18.8 Å². The lowest BCUT2D eigenvalue weighted by atomic mass is 10.2. The molecule has 0 aliphatic carbocycles. The van der Waals surface area contributed by atoms with Gasteiger partial charge < -0.3 is 5.32 Å². The molecule has 0 fully saturated rings. The van der Waals surface area contributed by atoms with Crippen molar-refractivity contribution in [1.29, 1.82) is 0 Å². The number of aromatic amines is 1. The predicted molar refractivity (Wildman–Crippen MR) is 77.8 cm³/mol. The van der Waals surface area contributed by atoms with Crippen LogP contribution in [0.3, 0.4) is 0 Å². The van der Waals surface area contributed by atoms with Gasteiger partial charge in [0.2, 0.25) is 0 Å². The van der Waals surface area contributed by atoms with E-state index in [1.165, 1.54) is 24.5 Å². The van der Waals surface area contributed by atoms with E-state index in [4.69, 9.17) is 0 Å². The number of halogens is 1. The molecule has 0 amide bonds. The highest BCUT2D eigenvalue weighted by Gasteiger charge is 2.20. The van der Waals surface area contributed by atoms with E-state index in [-0.39, 0.29) is 10.9 Å². The molecule has 3 N–H and O–H groups in total. The summed E-state index contributed by atoms with van der Waals surface area (Å²) >= 11 is 0. The number of aromatic nitrogens is 2. The third kappa shape index (κ3) is 4.02. The van der Waals surface area contributed by atoms with Crippen LogP contribution in [0.1, 0.15) is 19.4 Å². The number of nitrogens with one attached hydrogen (secondary N) is 3. The SMILES string of the molecule is CC(C)NCc1ccc(F)cc1S(=O)(=O)Nc1cn[nH]c1. The van der Waals surface area contributed by atoms with E-state index in [0.29, 0.717) is 17.8 Å². The topological polar surface area (TPSA) is 86.9 Å². The molecule has 6 nitrogen and oxygen atoms in total. The lowest BCUT2D eigenvalue weighted by Gasteiger charge is -2.13. The fourth-order valence-corrected chi connectivity index (χ4v) is 3.04. The molecular formula is C13H17FN4O2S. The van der Waals surface area contributed by atoms with Crippen molar-refractivity contribution in [3.8, 4) is 0 Å². The molecule has 0 unspecified atom stereocenters. The second-order valence-electron chi connectivity index (χ2n) is 4.88. The quantitative estimate of drug-likeness (QED) is 0.759. The van der Waals surface area contributed by atoms with E-state index in [1.54, 1.807) is 0 Å². The Morgan fingerprint density at radius 1 is 1.38 bits per heavy atom. The van der Waals surface area contributed by atoms with Crippen LogP contribution in [0.2, 0.25) is 0 Å². The van der Waals surface area contributed by atoms with Gasteiger partial charge in [-0.25, -0.2) is 12.8 Å². The molecule has 2 aromatic rings. The van der Waals surface area contributed by atoms with E-state index < -0.39 is 15.8 Å². The second-order valence-corrected chi connectivity index (χ2v) is 6.53. The molecule has 0 aliphatic rings. The minimum absolute atomic E-state index is 0.0862. The summed E-state index contributed by atoms with van der Waals surface area (Å²) in [5.74, 6) is -0.601. The van der Waals surface area contributed by atoms with Gasteiger partial charge in [0.25, 0.3) is 10.0 Å². The molecule has 0 bridgehead atoms. The zero-order valence-electron chi connectivity index (χ0n) is 11.7. The monoisotopic (exact) mass is 312 g/mol. The van der Waals surface area contributed by atoms with Gasteiger partial charge >= 0.3 is 0 Å². The Balaban J connectivity index is 2.34. The maximum atomic E-state index is 13.4. The largest absolute Gasteiger partial charge is 0.310 e. The average Bonchev–Trinajstić information content (AvgIpc) is 2.89. The Hall–Kier alpha value is -1.93. The maximum Gasteiger partial charge on any atom is 0.262 e. The summed E-state index contributed by atoms with van der Waals surface area (Å²) in [7, 11) is -3.87. The van der Waals surface area contributed by atoms with Crippen LogP contribution in [-0.4, -0.2) is 24.7 Å². The highest BCUT2D eigenvalue weighted by atomic mass is 32.2. The molecule has 114 valence electrons. The second kappa shape index (κ2) is 6.23. The van der Waals surface area contributed by atoms with Crippen LogP contribution in [-0.2, 0) is 16.6 Å². The van der Waals surface area contributed by atoms with Gasteiger partial charge in [0.15, 0.2) is 0 Å². The number of rotatable bonds is 6. The van der Waals surface area contributed by atoms with Crippen LogP contribution in [0.25, 0.3) is 0 Å². The summed E-state index contributed by atoms with van der Waals surface area (Å²) < 4.78 is 40.5. The molecule has 8 heteroatoms. The third-order valence-corrected chi connectivity index (χ3v) is 4.23. The van der Waals surface area contributed by atoms with Gasteiger partial charge in [-0.2, -0.15) is 5.10 Å². The lowest BCUT2D eigenvalue weighted by Crippen LogP contribution is -2.24. The summed E-state index contributed by atoms with van der Waals surface area (Å²) in [6, 6.07) is 3.91. The van der Waals surface area contributed by atoms with Gasteiger partial charge in [-0.05, 0) is 17.7 Å². The predicted octanol–water partition coefficient (Wildman–Crippen LogP) is 1.85. The average molecular weight is 312 g/mol. The minimum Gasteiger partial charge on any atom is -0.310 e. The van der Waals surface area contributed by atoms with Crippen LogP contribution < -0.4 is 10.0 Å². The molecule has 21 heavy (non-hydrogen) atoms. The molecule has 0 atom stereocenters. The summed E-state index contributed by atoms with van der Waals surface area (Å²) in [6.45, 7) is 4.22. The Morgan fingerprint density at radius 3 is 2.76 bits per heavy atom. The van der Waals surface area contributed by atoms with Crippen molar-refractivity contribution >= 4 is 15.7 Å². The molecule has 1 aromatic heterocycles. The van der Waals surface area contributed by atoms with Crippen molar-refractivity contribution < 1.29 is 12.8 Å². The Labute approximate surface area is 122 Å². The summed E-state index contributed by atoms with van der Waals surface area (Å²) in [6.07, 6.45) is 2.74. The third-order valence-electron chi connectivity index (χ3n) is 2.77. The van der Waals surface area contributed by atoms with Gasteiger partial charge in [0.1, 0.15) is 5.82 Å². The van der Waals surface area contributed by atoms with Crippen molar-refractivity contribution in [2.75, 3.05) is 4.72 Å². The Bertz CT molecular complexity index is 699.